The number of ether oxygens (including phenoxy) is 2. The van der Waals surface area contributed by atoms with Crippen molar-refractivity contribution >= 4 is 17.5 Å². The van der Waals surface area contributed by atoms with Crippen LogP contribution in [0.25, 0.3) is 0 Å². The molecule has 0 radical (unpaired) electrons. The van der Waals surface area contributed by atoms with Gasteiger partial charge in [0, 0.05) is 13.1 Å². The van der Waals surface area contributed by atoms with Gasteiger partial charge < -0.3 is 19.5 Å². The number of phenols is 1. The molecule has 1 heterocycles. The zero-order valence-corrected chi connectivity index (χ0v) is 15.0. The van der Waals surface area contributed by atoms with E-state index >= 15 is 0 Å². The summed E-state index contributed by atoms with van der Waals surface area (Å²) in [4.78, 5) is 14.6. The minimum Gasteiger partial charge on any atom is -0.508 e. The summed E-state index contributed by atoms with van der Waals surface area (Å²) < 4.78 is 10.7. The molecule has 0 saturated heterocycles. The predicted octanol–water partition coefficient (Wildman–Crippen LogP) is 3.30. The molecule has 0 spiro atoms. The van der Waals surface area contributed by atoms with E-state index in [4.69, 9.17) is 21.1 Å². The van der Waals surface area contributed by atoms with Gasteiger partial charge in [0.25, 0.3) is 5.91 Å². The Bertz CT molecular complexity index is 771. The molecule has 0 unspecified atom stereocenters. The maximum atomic E-state index is 12.8. The molecule has 1 amide bonds. The van der Waals surface area contributed by atoms with Gasteiger partial charge in [0.15, 0.2) is 11.5 Å². The van der Waals surface area contributed by atoms with Gasteiger partial charge in [-0.05, 0) is 54.3 Å². The van der Waals surface area contributed by atoms with Crippen molar-refractivity contribution in [3.8, 4) is 17.2 Å². The second-order valence-electron chi connectivity index (χ2n) is 5.93. The first-order chi connectivity index (χ1) is 12.0. The Morgan fingerprint density at radius 2 is 1.60 bits per heavy atom. The van der Waals surface area contributed by atoms with E-state index in [0.29, 0.717) is 35.2 Å². The zero-order valence-electron chi connectivity index (χ0n) is 14.2. The summed E-state index contributed by atoms with van der Waals surface area (Å²) in [5.41, 5.74) is 2.62. The van der Waals surface area contributed by atoms with E-state index in [-0.39, 0.29) is 11.7 Å². The minimum absolute atomic E-state index is 0.0281. The van der Waals surface area contributed by atoms with Gasteiger partial charge in [-0.15, -0.1) is 0 Å². The van der Waals surface area contributed by atoms with Gasteiger partial charge in [0.1, 0.15) is 5.75 Å². The van der Waals surface area contributed by atoms with Gasteiger partial charge >= 0.3 is 0 Å². The van der Waals surface area contributed by atoms with Gasteiger partial charge in [-0.25, -0.2) is 0 Å². The molecule has 2 aromatic rings. The number of fused-ring (bicyclic) bond motifs is 1. The van der Waals surface area contributed by atoms with Gasteiger partial charge in [0.05, 0.1) is 24.8 Å². The van der Waals surface area contributed by atoms with Crippen LogP contribution in [0.2, 0.25) is 5.02 Å². The van der Waals surface area contributed by atoms with Crippen LogP contribution in [0.4, 0.5) is 0 Å². The number of carbonyl (C=O) groups is 1. The maximum Gasteiger partial charge on any atom is 0.255 e. The molecule has 1 aliphatic heterocycles. The van der Waals surface area contributed by atoms with Crippen LogP contribution < -0.4 is 9.47 Å². The lowest BCUT2D eigenvalue weighted by molar-refractivity contribution is 0.0763. The quantitative estimate of drug-likeness (QED) is 0.911. The average molecular weight is 362 g/mol. The van der Waals surface area contributed by atoms with Crippen LogP contribution in [-0.2, 0) is 12.8 Å². The van der Waals surface area contributed by atoms with Crippen LogP contribution >= 0.6 is 11.6 Å². The van der Waals surface area contributed by atoms with Crippen LogP contribution in [0.3, 0.4) is 0 Å². The highest BCUT2D eigenvalue weighted by molar-refractivity contribution is 6.33. The number of rotatable bonds is 3. The number of halogens is 1. The van der Waals surface area contributed by atoms with Crippen LogP contribution in [0.15, 0.2) is 30.3 Å². The molecule has 0 atom stereocenters. The fourth-order valence-electron chi connectivity index (χ4n) is 3.10. The van der Waals surface area contributed by atoms with E-state index in [1.165, 1.54) is 18.2 Å². The highest BCUT2D eigenvalue weighted by Crippen LogP contribution is 2.32. The molecule has 0 bridgehead atoms. The Morgan fingerprint density at radius 1 is 1.04 bits per heavy atom. The van der Waals surface area contributed by atoms with Crippen molar-refractivity contribution in [3.05, 3.63) is 52.0 Å². The highest BCUT2D eigenvalue weighted by Gasteiger charge is 2.23. The Balaban J connectivity index is 1.84. The first kappa shape index (κ1) is 17.4. The standard InChI is InChI=1S/C19H20ClNO4/c1-24-17-9-12-5-7-21(8-6-13(12)10-18(17)25-2)19(23)15-11-14(22)3-4-16(15)20/h3-4,9-11,22H,5-8H2,1-2H3. The van der Waals surface area contributed by atoms with Crippen molar-refractivity contribution in [2.24, 2.45) is 0 Å². The fourth-order valence-corrected chi connectivity index (χ4v) is 3.30. The molecule has 1 aliphatic rings. The minimum atomic E-state index is -0.173. The fraction of sp³-hybridized carbons (Fsp3) is 0.316. The Hall–Kier alpha value is -2.40. The van der Waals surface area contributed by atoms with Crippen molar-refractivity contribution in [1.29, 1.82) is 0 Å². The number of amides is 1. The normalized spacial score (nSPS) is 13.8. The molecule has 6 heteroatoms. The molecule has 0 fully saturated rings. The second kappa shape index (κ2) is 7.23. The number of methoxy groups -OCH3 is 2. The van der Waals surface area contributed by atoms with Gasteiger partial charge in [0.2, 0.25) is 0 Å². The van der Waals surface area contributed by atoms with Crippen molar-refractivity contribution in [2.45, 2.75) is 12.8 Å². The lowest BCUT2D eigenvalue weighted by Crippen LogP contribution is -2.33. The molecule has 132 valence electrons. The first-order valence-corrected chi connectivity index (χ1v) is 8.43. The number of carbonyl (C=O) groups excluding carboxylic acids is 1. The van der Waals surface area contributed by atoms with Crippen LogP contribution in [0.5, 0.6) is 17.2 Å². The van der Waals surface area contributed by atoms with E-state index < -0.39 is 0 Å². The Morgan fingerprint density at radius 3 is 2.12 bits per heavy atom. The SMILES string of the molecule is COc1cc2c(cc1OC)CCN(C(=O)c1cc(O)ccc1Cl)CC2. The lowest BCUT2D eigenvalue weighted by Gasteiger charge is -2.21. The number of aromatic hydroxyl groups is 1. The van der Waals surface area contributed by atoms with E-state index in [9.17, 15) is 9.90 Å². The summed E-state index contributed by atoms with van der Waals surface area (Å²) in [5.74, 6) is 1.24. The lowest BCUT2D eigenvalue weighted by atomic mass is 10.0. The molecule has 1 N–H and O–H groups in total. The van der Waals surface area contributed by atoms with Crippen molar-refractivity contribution in [3.63, 3.8) is 0 Å². The molecular weight excluding hydrogens is 342 g/mol. The highest BCUT2D eigenvalue weighted by atomic mass is 35.5. The van der Waals surface area contributed by atoms with Crippen LogP contribution in [0.1, 0.15) is 21.5 Å². The second-order valence-corrected chi connectivity index (χ2v) is 6.34. The van der Waals surface area contributed by atoms with Crippen molar-refractivity contribution < 1.29 is 19.4 Å². The third-order valence-electron chi connectivity index (χ3n) is 4.48. The topological polar surface area (TPSA) is 59.0 Å². The van der Waals surface area contributed by atoms with Gasteiger partial charge in [-0.3, -0.25) is 4.79 Å². The van der Waals surface area contributed by atoms with Crippen LogP contribution in [0, 0.1) is 0 Å². The van der Waals surface area contributed by atoms with Crippen molar-refractivity contribution in [1.82, 2.24) is 4.90 Å². The Kier molecular flexibility index (Phi) is 5.04. The van der Waals surface area contributed by atoms with Gasteiger partial charge in [-0.1, -0.05) is 11.6 Å². The van der Waals surface area contributed by atoms with Gasteiger partial charge in [-0.2, -0.15) is 0 Å². The third-order valence-corrected chi connectivity index (χ3v) is 4.81. The maximum absolute atomic E-state index is 12.8. The first-order valence-electron chi connectivity index (χ1n) is 8.05. The number of phenolic OH excluding ortho intramolecular Hbond substituents is 1. The number of hydrogen-bond acceptors (Lipinski definition) is 4. The molecule has 0 aliphatic carbocycles. The molecule has 25 heavy (non-hydrogen) atoms. The summed E-state index contributed by atoms with van der Waals surface area (Å²) >= 11 is 6.13. The number of benzene rings is 2. The summed E-state index contributed by atoms with van der Waals surface area (Å²) in [6.45, 7) is 1.15. The molecule has 5 nitrogen and oxygen atoms in total. The molecule has 3 rings (SSSR count). The van der Waals surface area contributed by atoms with Crippen LogP contribution in [-0.4, -0.2) is 43.2 Å². The zero-order chi connectivity index (χ0) is 18.0. The van der Waals surface area contributed by atoms with E-state index in [1.807, 2.05) is 12.1 Å². The monoisotopic (exact) mass is 361 g/mol. The van der Waals surface area contributed by atoms with Crippen molar-refractivity contribution in [2.75, 3.05) is 27.3 Å². The average Bonchev–Trinajstić information content (AvgIpc) is 2.83. The third kappa shape index (κ3) is 3.51. The largest absolute Gasteiger partial charge is 0.508 e. The van der Waals surface area contributed by atoms with E-state index in [1.54, 1.807) is 19.1 Å². The van der Waals surface area contributed by atoms with E-state index in [2.05, 4.69) is 0 Å². The predicted molar refractivity (Wildman–Crippen MR) is 96.0 cm³/mol. The molecular formula is C19H20ClNO4. The molecule has 0 saturated carbocycles. The summed E-state index contributed by atoms with van der Waals surface area (Å²) in [5, 5.41) is 9.98. The van der Waals surface area contributed by atoms with E-state index in [0.717, 1.165) is 24.0 Å². The Labute approximate surface area is 151 Å². The summed E-state index contributed by atoms with van der Waals surface area (Å²) in [7, 11) is 3.22. The summed E-state index contributed by atoms with van der Waals surface area (Å²) in [6.07, 6.45) is 1.44. The molecule has 2 aromatic carbocycles. The number of hydrogen-bond donors (Lipinski definition) is 1. The number of nitrogens with zero attached hydrogens (tertiary/aromatic N) is 1. The molecule has 0 aromatic heterocycles. The summed E-state index contributed by atoms with van der Waals surface area (Å²) in [6, 6.07) is 8.37. The smallest absolute Gasteiger partial charge is 0.255 e.